The number of methoxy groups -OCH3 is 1. The topological polar surface area (TPSA) is 81.4 Å². The third-order valence-electron chi connectivity index (χ3n) is 2.92. The van der Waals surface area contributed by atoms with Crippen molar-refractivity contribution in [2.24, 2.45) is 0 Å². The number of benzene rings is 1. The number of nitrogens with zero attached hydrogens (tertiary/aromatic N) is 1. The van der Waals surface area contributed by atoms with Crippen LogP contribution in [0, 0.1) is 0 Å². The van der Waals surface area contributed by atoms with Crippen LogP contribution in [0.25, 0.3) is 11.1 Å². The van der Waals surface area contributed by atoms with Crippen LogP contribution in [0.2, 0.25) is 0 Å². The molecule has 0 radical (unpaired) electrons. The van der Waals surface area contributed by atoms with Gasteiger partial charge in [0.1, 0.15) is 5.52 Å². The smallest absolute Gasteiger partial charge is 0.306 e. The van der Waals surface area contributed by atoms with Crippen molar-refractivity contribution >= 4 is 23.0 Å². The molecular formula is C14H16N2O4. The SMILES string of the molecule is COC(=O)CCC(=O)NCCc1ccc2ncoc2c1. The highest BCUT2D eigenvalue weighted by atomic mass is 16.5. The number of amides is 1. The van der Waals surface area contributed by atoms with Gasteiger partial charge in [0.05, 0.1) is 13.5 Å². The van der Waals surface area contributed by atoms with Crippen LogP contribution in [0.1, 0.15) is 18.4 Å². The Kier molecular flexibility index (Phi) is 4.70. The van der Waals surface area contributed by atoms with Gasteiger partial charge in [0.2, 0.25) is 5.91 Å². The van der Waals surface area contributed by atoms with Gasteiger partial charge < -0.3 is 14.5 Å². The number of hydrogen-bond donors (Lipinski definition) is 1. The van der Waals surface area contributed by atoms with Gasteiger partial charge in [-0.25, -0.2) is 4.98 Å². The largest absolute Gasteiger partial charge is 0.469 e. The minimum Gasteiger partial charge on any atom is -0.469 e. The Bertz CT molecular complexity index is 606. The number of rotatable bonds is 6. The summed E-state index contributed by atoms with van der Waals surface area (Å²) in [6, 6.07) is 5.74. The summed E-state index contributed by atoms with van der Waals surface area (Å²) in [6.45, 7) is 0.514. The number of fused-ring (bicyclic) bond motifs is 1. The summed E-state index contributed by atoms with van der Waals surface area (Å²) in [7, 11) is 1.31. The van der Waals surface area contributed by atoms with E-state index in [2.05, 4.69) is 15.0 Å². The molecule has 1 heterocycles. The van der Waals surface area contributed by atoms with Gasteiger partial charge in [0.25, 0.3) is 0 Å². The molecule has 1 aromatic carbocycles. The molecule has 2 aromatic rings. The molecule has 1 aromatic heterocycles. The van der Waals surface area contributed by atoms with E-state index in [0.717, 1.165) is 16.7 Å². The molecule has 106 valence electrons. The highest BCUT2D eigenvalue weighted by Crippen LogP contribution is 2.14. The van der Waals surface area contributed by atoms with Crippen molar-refractivity contribution in [2.45, 2.75) is 19.3 Å². The average molecular weight is 276 g/mol. The van der Waals surface area contributed by atoms with Crippen LogP contribution in [0.4, 0.5) is 0 Å². The minimum atomic E-state index is -0.379. The van der Waals surface area contributed by atoms with Gasteiger partial charge in [-0.05, 0) is 24.1 Å². The van der Waals surface area contributed by atoms with Gasteiger partial charge in [-0.1, -0.05) is 6.07 Å². The van der Waals surface area contributed by atoms with Crippen molar-refractivity contribution in [3.63, 3.8) is 0 Å². The van der Waals surface area contributed by atoms with E-state index < -0.39 is 0 Å². The molecule has 20 heavy (non-hydrogen) atoms. The number of hydrogen-bond acceptors (Lipinski definition) is 5. The molecule has 0 atom stereocenters. The lowest BCUT2D eigenvalue weighted by Crippen LogP contribution is -2.26. The van der Waals surface area contributed by atoms with Crippen LogP contribution >= 0.6 is 0 Å². The lowest BCUT2D eigenvalue weighted by atomic mass is 10.1. The van der Waals surface area contributed by atoms with E-state index in [-0.39, 0.29) is 24.7 Å². The summed E-state index contributed by atoms with van der Waals surface area (Å²) in [6.07, 6.45) is 2.35. The van der Waals surface area contributed by atoms with Crippen molar-refractivity contribution < 1.29 is 18.7 Å². The molecule has 6 nitrogen and oxygen atoms in total. The Balaban J connectivity index is 1.74. The zero-order valence-electron chi connectivity index (χ0n) is 11.2. The second-order valence-electron chi connectivity index (χ2n) is 4.33. The van der Waals surface area contributed by atoms with E-state index in [1.54, 1.807) is 0 Å². The molecule has 0 aliphatic carbocycles. The van der Waals surface area contributed by atoms with Gasteiger partial charge in [0, 0.05) is 13.0 Å². The normalized spacial score (nSPS) is 10.4. The van der Waals surface area contributed by atoms with E-state index in [0.29, 0.717) is 13.0 Å². The Morgan fingerprint density at radius 1 is 1.35 bits per heavy atom. The van der Waals surface area contributed by atoms with Crippen LogP contribution < -0.4 is 5.32 Å². The molecule has 2 rings (SSSR count). The zero-order chi connectivity index (χ0) is 14.4. The van der Waals surface area contributed by atoms with E-state index in [4.69, 9.17) is 4.42 Å². The molecular weight excluding hydrogens is 260 g/mol. The fourth-order valence-corrected chi connectivity index (χ4v) is 1.81. The standard InChI is InChI=1S/C14H16N2O4/c1-19-14(18)5-4-13(17)15-7-6-10-2-3-11-12(8-10)20-9-16-11/h2-3,8-9H,4-7H2,1H3,(H,15,17). The number of esters is 1. The molecule has 0 saturated carbocycles. The first-order chi connectivity index (χ1) is 9.69. The maximum atomic E-state index is 11.5. The Hall–Kier alpha value is -2.37. The highest BCUT2D eigenvalue weighted by Gasteiger charge is 2.06. The number of aromatic nitrogens is 1. The molecule has 0 saturated heterocycles. The molecule has 6 heteroatoms. The molecule has 0 bridgehead atoms. The lowest BCUT2D eigenvalue weighted by Gasteiger charge is -2.05. The molecule has 0 aliphatic heterocycles. The van der Waals surface area contributed by atoms with Crippen molar-refractivity contribution in [3.8, 4) is 0 Å². The highest BCUT2D eigenvalue weighted by molar-refractivity contribution is 5.81. The maximum absolute atomic E-state index is 11.5. The Morgan fingerprint density at radius 3 is 3.00 bits per heavy atom. The molecule has 1 amide bonds. The predicted molar refractivity (Wildman–Crippen MR) is 72.0 cm³/mol. The first kappa shape index (κ1) is 14.0. The van der Waals surface area contributed by atoms with Gasteiger partial charge in [-0.2, -0.15) is 0 Å². The summed E-state index contributed by atoms with van der Waals surface area (Å²) in [5.74, 6) is -0.535. The van der Waals surface area contributed by atoms with Crippen LogP contribution in [0.5, 0.6) is 0 Å². The molecule has 0 spiro atoms. The van der Waals surface area contributed by atoms with Gasteiger partial charge in [-0.3, -0.25) is 9.59 Å². The van der Waals surface area contributed by atoms with Gasteiger partial charge >= 0.3 is 5.97 Å². The zero-order valence-corrected chi connectivity index (χ0v) is 11.2. The number of nitrogens with one attached hydrogen (secondary N) is 1. The lowest BCUT2D eigenvalue weighted by molar-refractivity contribution is -0.142. The fourth-order valence-electron chi connectivity index (χ4n) is 1.81. The first-order valence-electron chi connectivity index (χ1n) is 6.34. The molecule has 1 N–H and O–H groups in total. The van der Waals surface area contributed by atoms with Crippen LogP contribution in [0.3, 0.4) is 0 Å². The summed E-state index contributed by atoms with van der Waals surface area (Å²) >= 11 is 0. The molecule has 0 aliphatic rings. The summed E-state index contributed by atoms with van der Waals surface area (Å²) in [5.41, 5.74) is 2.61. The molecule has 0 fully saturated rings. The first-order valence-corrected chi connectivity index (χ1v) is 6.34. The number of ether oxygens (including phenoxy) is 1. The second kappa shape index (κ2) is 6.70. The van der Waals surface area contributed by atoms with Crippen LogP contribution in [-0.2, 0) is 20.7 Å². The third kappa shape index (κ3) is 3.81. The summed E-state index contributed by atoms with van der Waals surface area (Å²) < 4.78 is 9.69. The second-order valence-corrected chi connectivity index (χ2v) is 4.33. The van der Waals surface area contributed by atoms with Gasteiger partial charge in [0.15, 0.2) is 12.0 Å². The van der Waals surface area contributed by atoms with Crippen molar-refractivity contribution in [1.29, 1.82) is 0 Å². The minimum absolute atomic E-state index is 0.104. The maximum Gasteiger partial charge on any atom is 0.306 e. The van der Waals surface area contributed by atoms with Crippen molar-refractivity contribution in [3.05, 3.63) is 30.2 Å². The number of carbonyl (C=O) groups excluding carboxylic acids is 2. The van der Waals surface area contributed by atoms with Crippen LogP contribution in [0.15, 0.2) is 29.0 Å². The number of oxazole rings is 1. The van der Waals surface area contributed by atoms with E-state index in [1.807, 2.05) is 18.2 Å². The monoisotopic (exact) mass is 276 g/mol. The van der Waals surface area contributed by atoms with Crippen molar-refractivity contribution in [1.82, 2.24) is 10.3 Å². The predicted octanol–water partition coefficient (Wildman–Crippen LogP) is 1.44. The quantitative estimate of drug-likeness (QED) is 0.807. The Labute approximate surface area is 116 Å². The van der Waals surface area contributed by atoms with Gasteiger partial charge in [-0.15, -0.1) is 0 Å². The van der Waals surface area contributed by atoms with E-state index in [9.17, 15) is 9.59 Å². The van der Waals surface area contributed by atoms with E-state index >= 15 is 0 Å². The molecule has 0 unspecified atom stereocenters. The summed E-state index contributed by atoms with van der Waals surface area (Å²) in [5, 5.41) is 2.76. The third-order valence-corrected chi connectivity index (χ3v) is 2.92. The summed E-state index contributed by atoms with van der Waals surface area (Å²) in [4.78, 5) is 26.4. The Morgan fingerprint density at radius 2 is 2.20 bits per heavy atom. The average Bonchev–Trinajstić information content (AvgIpc) is 2.92. The number of carbonyl (C=O) groups is 2. The van der Waals surface area contributed by atoms with Crippen LogP contribution in [-0.4, -0.2) is 30.5 Å². The van der Waals surface area contributed by atoms with Crippen molar-refractivity contribution in [2.75, 3.05) is 13.7 Å². The van der Waals surface area contributed by atoms with E-state index in [1.165, 1.54) is 13.5 Å². The fraction of sp³-hybridized carbons (Fsp3) is 0.357.